The second-order valence-corrected chi connectivity index (χ2v) is 9.86. The Morgan fingerprint density at radius 2 is 1.90 bits per heavy atom. The summed E-state index contributed by atoms with van der Waals surface area (Å²) in [5.41, 5.74) is 0.854. The minimum atomic E-state index is -3.48. The number of nitrogens with one attached hydrogen (secondary N) is 1. The van der Waals surface area contributed by atoms with Gasteiger partial charge in [0.15, 0.2) is 0 Å². The molecule has 158 valence electrons. The molecule has 2 aromatic rings. The van der Waals surface area contributed by atoms with Crippen LogP contribution in [0.15, 0.2) is 35.4 Å². The van der Waals surface area contributed by atoms with Gasteiger partial charge < -0.3 is 14.6 Å². The summed E-state index contributed by atoms with van der Waals surface area (Å²) in [5, 5.41) is 3.75. The van der Waals surface area contributed by atoms with Gasteiger partial charge in [0.1, 0.15) is 6.54 Å². The first-order valence-electron chi connectivity index (χ1n) is 10.5. The van der Waals surface area contributed by atoms with Crippen molar-refractivity contribution in [1.82, 2.24) is 14.2 Å². The summed E-state index contributed by atoms with van der Waals surface area (Å²) >= 11 is 0. The lowest BCUT2D eigenvalue weighted by Crippen LogP contribution is -2.34. The lowest BCUT2D eigenvalue weighted by Gasteiger charge is -2.20. The maximum absolute atomic E-state index is 13.0. The maximum atomic E-state index is 13.0. The van der Waals surface area contributed by atoms with Crippen molar-refractivity contribution >= 4 is 26.8 Å². The van der Waals surface area contributed by atoms with Gasteiger partial charge in [0.05, 0.1) is 11.0 Å². The van der Waals surface area contributed by atoms with Crippen molar-refractivity contribution in [3.05, 3.63) is 30.5 Å². The van der Waals surface area contributed by atoms with Crippen molar-refractivity contribution in [1.29, 1.82) is 0 Å². The van der Waals surface area contributed by atoms with Crippen LogP contribution in [-0.4, -0.2) is 55.5 Å². The van der Waals surface area contributed by atoms with Crippen molar-refractivity contribution in [3.8, 4) is 0 Å². The molecular formula is C21H29N3O4S. The van der Waals surface area contributed by atoms with E-state index in [0.29, 0.717) is 24.5 Å². The van der Waals surface area contributed by atoms with Crippen LogP contribution in [-0.2, 0) is 26.1 Å². The summed E-state index contributed by atoms with van der Waals surface area (Å²) in [6.45, 7) is 2.69. The molecular weight excluding hydrogens is 390 g/mol. The lowest BCUT2D eigenvalue weighted by atomic mass is 10.2. The van der Waals surface area contributed by atoms with Gasteiger partial charge in [-0.2, -0.15) is 4.31 Å². The number of sulfonamides is 1. The molecule has 0 spiro atoms. The van der Waals surface area contributed by atoms with Crippen LogP contribution in [0.2, 0.25) is 0 Å². The number of ether oxygens (including phenoxy) is 1. The Labute approximate surface area is 172 Å². The fraction of sp³-hybridized carbons (Fsp3) is 0.571. The molecule has 3 heterocycles. The molecule has 2 aliphatic heterocycles. The van der Waals surface area contributed by atoms with Crippen molar-refractivity contribution in [2.24, 2.45) is 0 Å². The van der Waals surface area contributed by atoms with E-state index < -0.39 is 10.0 Å². The highest BCUT2D eigenvalue weighted by molar-refractivity contribution is 7.89. The third-order valence-corrected chi connectivity index (χ3v) is 7.70. The second kappa shape index (κ2) is 8.85. The molecule has 1 aromatic heterocycles. The molecule has 2 saturated heterocycles. The average Bonchev–Trinajstić information content (AvgIpc) is 3.28. The van der Waals surface area contributed by atoms with Crippen molar-refractivity contribution in [2.45, 2.75) is 56.1 Å². The zero-order valence-corrected chi connectivity index (χ0v) is 17.5. The number of hydrogen-bond acceptors (Lipinski definition) is 4. The summed E-state index contributed by atoms with van der Waals surface area (Å²) in [7, 11) is -3.48. The maximum Gasteiger partial charge on any atom is 0.243 e. The first-order valence-corrected chi connectivity index (χ1v) is 12.0. The van der Waals surface area contributed by atoms with E-state index in [0.717, 1.165) is 56.0 Å². The largest absolute Gasteiger partial charge is 0.376 e. The van der Waals surface area contributed by atoms with Crippen LogP contribution in [0.1, 0.15) is 38.5 Å². The van der Waals surface area contributed by atoms with Gasteiger partial charge in [-0.15, -0.1) is 0 Å². The molecule has 0 bridgehead atoms. The molecule has 1 N–H and O–H groups in total. The van der Waals surface area contributed by atoms with Crippen LogP contribution < -0.4 is 5.32 Å². The monoisotopic (exact) mass is 419 g/mol. The number of fused-ring (bicyclic) bond motifs is 1. The van der Waals surface area contributed by atoms with Gasteiger partial charge in [0.25, 0.3) is 0 Å². The van der Waals surface area contributed by atoms with Gasteiger partial charge in [0.2, 0.25) is 15.9 Å². The van der Waals surface area contributed by atoms with Crippen molar-refractivity contribution in [2.75, 3.05) is 26.2 Å². The summed E-state index contributed by atoms with van der Waals surface area (Å²) < 4.78 is 35.0. The van der Waals surface area contributed by atoms with Gasteiger partial charge in [0, 0.05) is 43.3 Å². The molecule has 7 nitrogen and oxygen atoms in total. The summed E-state index contributed by atoms with van der Waals surface area (Å²) in [6.07, 6.45) is 7.99. The number of amides is 1. The quantitative estimate of drug-likeness (QED) is 0.780. The Bertz CT molecular complexity index is 955. The van der Waals surface area contributed by atoms with Gasteiger partial charge in [-0.3, -0.25) is 4.79 Å². The Morgan fingerprint density at radius 1 is 1.10 bits per heavy atom. The zero-order valence-electron chi connectivity index (χ0n) is 16.7. The average molecular weight is 420 g/mol. The smallest absolute Gasteiger partial charge is 0.243 e. The fourth-order valence-electron chi connectivity index (χ4n) is 4.15. The molecule has 8 heteroatoms. The van der Waals surface area contributed by atoms with E-state index >= 15 is 0 Å². The fourth-order valence-corrected chi connectivity index (χ4v) is 5.70. The number of hydrogen-bond donors (Lipinski definition) is 1. The van der Waals surface area contributed by atoms with Crippen LogP contribution >= 0.6 is 0 Å². The van der Waals surface area contributed by atoms with Crippen molar-refractivity contribution < 1.29 is 17.9 Å². The predicted octanol–water partition coefficient (Wildman–Crippen LogP) is 2.50. The topological polar surface area (TPSA) is 80.6 Å². The second-order valence-electron chi connectivity index (χ2n) is 7.92. The first-order chi connectivity index (χ1) is 14.0. The third kappa shape index (κ3) is 4.65. The summed E-state index contributed by atoms with van der Waals surface area (Å²) in [5.74, 6) is -0.0701. The normalized spacial score (nSPS) is 21.3. The number of nitrogens with zero attached hydrogens (tertiary/aromatic N) is 2. The van der Waals surface area contributed by atoms with Gasteiger partial charge in [-0.05, 0) is 49.9 Å². The molecule has 1 unspecified atom stereocenters. The van der Waals surface area contributed by atoms with Crippen LogP contribution in [0.25, 0.3) is 10.9 Å². The van der Waals surface area contributed by atoms with Crippen LogP contribution in [0.5, 0.6) is 0 Å². The molecule has 2 aliphatic rings. The number of aromatic nitrogens is 1. The van der Waals surface area contributed by atoms with Gasteiger partial charge in [-0.25, -0.2) is 8.42 Å². The molecule has 0 saturated carbocycles. The Kier molecular flexibility index (Phi) is 6.22. The lowest BCUT2D eigenvalue weighted by molar-refractivity contribution is -0.122. The third-order valence-electron chi connectivity index (χ3n) is 5.81. The minimum Gasteiger partial charge on any atom is -0.376 e. The standard InChI is InChI=1S/C21H29N3O4S/c25-21(22-15-18-6-5-13-28-18)16-23-12-9-17-14-19(7-8-20(17)23)29(26,27)24-10-3-1-2-4-11-24/h7-9,12,14,18H,1-6,10-11,13,15-16H2,(H,22,25). The van der Waals surface area contributed by atoms with E-state index in [2.05, 4.69) is 5.32 Å². The summed E-state index contributed by atoms with van der Waals surface area (Å²) in [4.78, 5) is 12.6. The predicted molar refractivity (Wildman–Crippen MR) is 111 cm³/mol. The molecule has 29 heavy (non-hydrogen) atoms. The van der Waals surface area contributed by atoms with E-state index in [4.69, 9.17) is 4.74 Å². The van der Waals surface area contributed by atoms with E-state index in [1.807, 2.05) is 16.8 Å². The highest BCUT2D eigenvalue weighted by Crippen LogP contribution is 2.25. The zero-order chi connectivity index (χ0) is 20.3. The number of carbonyl (C=O) groups excluding carboxylic acids is 1. The molecule has 1 amide bonds. The SMILES string of the molecule is O=C(Cn1ccc2cc(S(=O)(=O)N3CCCCCC3)ccc21)NCC1CCCO1. The molecule has 0 radical (unpaired) electrons. The van der Waals surface area contributed by atoms with Crippen LogP contribution in [0.4, 0.5) is 0 Å². The van der Waals surface area contributed by atoms with E-state index in [1.54, 1.807) is 22.5 Å². The Balaban J connectivity index is 1.46. The molecule has 1 atom stereocenters. The highest BCUT2D eigenvalue weighted by Gasteiger charge is 2.25. The molecule has 4 rings (SSSR count). The van der Waals surface area contributed by atoms with Crippen LogP contribution in [0.3, 0.4) is 0 Å². The molecule has 1 aromatic carbocycles. The molecule has 0 aliphatic carbocycles. The molecule has 2 fully saturated rings. The number of benzene rings is 1. The van der Waals surface area contributed by atoms with E-state index in [1.165, 1.54) is 0 Å². The van der Waals surface area contributed by atoms with Gasteiger partial charge >= 0.3 is 0 Å². The number of rotatable bonds is 6. The van der Waals surface area contributed by atoms with E-state index in [9.17, 15) is 13.2 Å². The Hall–Kier alpha value is -1.90. The van der Waals surface area contributed by atoms with E-state index in [-0.39, 0.29) is 18.6 Å². The van der Waals surface area contributed by atoms with Crippen molar-refractivity contribution in [3.63, 3.8) is 0 Å². The summed E-state index contributed by atoms with van der Waals surface area (Å²) in [6, 6.07) is 7.04. The minimum absolute atomic E-state index is 0.0701. The highest BCUT2D eigenvalue weighted by atomic mass is 32.2. The first kappa shape index (κ1) is 20.4. The number of carbonyl (C=O) groups is 1. The van der Waals surface area contributed by atoms with Gasteiger partial charge in [-0.1, -0.05) is 12.8 Å². The Morgan fingerprint density at radius 3 is 2.62 bits per heavy atom. The van der Waals surface area contributed by atoms with Crippen LogP contribution in [0, 0.1) is 0 Å².